The molecule has 0 amide bonds. The molecule has 0 fully saturated rings. The first-order valence-corrected chi connectivity index (χ1v) is 8.37. The van der Waals surface area contributed by atoms with Crippen molar-refractivity contribution in [3.05, 3.63) is 39.7 Å². The lowest BCUT2D eigenvalue weighted by Gasteiger charge is -2.16. The lowest BCUT2D eigenvalue weighted by atomic mass is 10.0. The van der Waals surface area contributed by atoms with Crippen LogP contribution in [0.3, 0.4) is 0 Å². The number of fused-ring (bicyclic) bond motifs is 1. The molecule has 0 N–H and O–H groups in total. The Morgan fingerprint density at radius 2 is 2.04 bits per heavy atom. The third kappa shape index (κ3) is 3.96. The van der Waals surface area contributed by atoms with E-state index >= 15 is 0 Å². The van der Waals surface area contributed by atoms with Crippen molar-refractivity contribution >= 4 is 16.9 Å². The smallest absolute Gasteiger partial charge is 0.347 e. The standard InChI is InChI=1S/C19H24O5/c1-5-7-8-14-11-17(20)24-18-12(3)16(10-9-15(14)18)23-13(4)19(21)22-6-2/h9-11,13H,5-8H2,1-4H3. The van der Waals surface area contributed by atoms with Crippen molar-refractivity contribution in [3.8, 4) is 5.75 Å². The largest absolute Gasteiger partial charge is 0.479 e. The van der Waals surface area contributed by atoms with E-state index in [2.05, 4.69) is 6.92 Å². The summed E-state index contributed by atoms with van der Waals surface area (Å²) in [6, 6.07) is 5.24. The van der Waals surface area contributed by atoms with Gasteiger partial charge in [-0.25, -0.2) is 9.59 Å². The van der Waals surface area contributed by atoms with Gasteiger partial charge in [0.05, 0.1) is 6.61 Å². The highest BCUT2D eigenvalue weighted by Crippen LogP contribution is 2.29. The Bertz CT molecular complexity index is 775. The van der Waals surface area contributed by atoms with Gasteiger partial charge in [-0.2, -0.15) is 0 Å². The number of benzene rings is 1. The van der Waals surface area contributed by atoms with Crippen molar-refractivity contribution in [2.24, 2.45) is 0 Å². The Kier molecular flexibility index (Phi) is 6.01. The fourth-order valence-electron chi connectivity index (χ4n) is 2.61. The third-order valence-corrected chi connectivity index (χ3v) is 3.92. The summed E-state index contributed by atoms with van der Waals surface area (Å²) in [4.78, 5) is 23.6. The van der Waals surface area contributed by atoms with E-state index in [4.69, 9.17) is 13.9 Å². The van der Waals surface area contributed by atoms with Gasteiger partial charge in [-0.1, -0.05) is 13.3 Å². The maximum absolute atomic E-state index is 11.9. The molecule has 0 aliphatic rings. The van der Waals surface area contributed by atoms with Gasteiger partial charge in [0.2, 0.25) is 0 Å². The average Bonchev–Trinajstić information content (AvgIpc) is 2.55. The van der Waals surface area contributed by atoms with Crippen LogP contribution in [-0.2, 0) is 16.0 Å². The number of hydrogen-bond acceptors (Lipinski definition) is 5. The van der Waals surface area contributed by atoms with E-state index in [0.29, 0.717) is 23.5 Å². The summed E-state index contributed by atoms with van der Waals surface area (Å²) in [7, 11) is 0. The molecule has 1 aromatic heterocycles. The Morgan fingerprint density at radius 3 is 2.71 bits per heavy atom. The second-order valence-electron chi connectivity index (χ2n) is 5.77. The fraction of sp³-hybridized carbons (Fsp3) is 0.474. The first kappa shape index (κ1) is 18.0. The Morgan fingerprint density at radius 1 is 1.29 bits per heavy atom. The van der Waals surface area contributed by atoms with Crippen molar-refractivity contribution in [1.82, 2.24) is 0 Å². The van der Waals surface area contributed by atoms with E-state index in [1.165, 1.54) is 0 Å². The molecule has 5 nitrogen and oxygen atoms in total. The highest BCUT2D eigenvalue weighted by atomic mass is 16.6. The van der Waals surface area contributed by atoms with Gasteiger partial charge in [-0.3, -0.25) is 0 Å². The van der Waals surface area contributed by atoms with Crippen LogP contribution in [0.5, 0.6) is 5.75 Å². The molecule has 1 unspecified atom stereocenters. The van der Waals surface area contributed by atoms with Crippen molar-refractivity contribution in [2.45, 2.75) is 53.1 Å². The lowest BCUT2D eigenvalue weighted by Crippen LogP contribution is -2.26. The van der Waals surface area contributed by atoms with Crippen LogP contribution in [-0.4, -0.2) is 18.7 Å². The van der Waals surface area contributed by atoms with Crippen LogP contribution in [0.25, 0.3) is 11.0 Å². The summed E-state index contributed by atoms with van der Waals surface area (Å²) in [5.74, 6) is 0.0917. The third-order valence-electron chi connectivity index (χ3n) is 3.92. The molecule has 2 rings (SSSR count). The molecule has 0 aliphatic carbocycles. The predicted octanol–water partition coefficient (Wildman–Crippen LogP) is 3.77. The molecular weight excluding hydrogens is 308 g/mol. The first-order chi connectivity index (χ1) is 11.5. The molecule has 0 bridgehead atoms. The summed E-state index contributed by atoms with van der Waals surface area (Å²) in [5, 5.41) is 0.914. The minimum atomic E-state index is -0.726. The van der Waals surface area contributed by atoms with Crippen LogP contribution < -0.4 is 10.4 Å². The highest BCUT2D eigenvalue weighted by molar-refractivity contribution is 5.85. The zero-order valence-electron chi connectivity index (χ0n) is 14.7. The molecule has 1 atom stereocenters. The lowest BCUT2D eigenvalue weighted by molar-refractivity contribution is -0.150. The second kappa shape index (κ2) is 7.99. The summed E-state index contributed by atoms with van der Waals surface area (Å²) in [6.07, 6.45) is 2.17. The van der Waals surface area contributed by atoms with Crippen LogP contribution in [0.15, 0.2) is 27.4 Å². The zero-order chi connectivity index (χ0) is 17.7. The van der Waals surface area contributed by atoms with Crippen molar-refractivity contribution in [3.63, 3.8) is 0 Å². The number of hydrogen-bond donors (Lipinski definition) is 0. The second-order valence-corrected chi connectivity index (χ2v) is 5.77. The van der Waals surface area contributed by atoms with Crippen LogP contribution in [0.1, 0.15) is 44.7 Å². The summed E-state index contributed by atoms with van der Waals surface area (Å²) in [6.45, 7) is 7.62. The first-order valence-electron chi connectivity index (χ1n) is 8.37. The maximum Gasteiger partial charge on any atom is 0.347 e. The number of ether oxygens (including phenoxy) is 2. The van der Waals surface area contributed by atoms with E-state index in [1.54, 1.807) is 19.9 Å². The zero-order valence-corrected chi connectivity index (χ0v) is 14.7. The fourth-order valence-corrected chi connectivity index (χ4v) is 2.61. The Hall–Kier alpha value is -2.30. The number of rotatable bonds is 7. The summed E-state index contributed by atoms with van der Waals surface area (Å²) in [5.41, 5.74) is 1.84. The molecule has 0 aliphatic heterocycles. The van der Waals surface area contributed by atoms with Gasteiger partial charge in [0.1, 0.15) is 11.3 Å². The predicted molar refractivity (Wildman–Crippen MR) is 92.6 cm³/mol. The number of unbranched alkanes of at least 4 members (excludes halogenated alkanes) is 1. The van der Waals surface area contributed by atoms with Crippen molar-refractivity contribution < 1.29 is 18.7 Å². The highest BCUT2D eigenvalue weighted by Gasteiger charge is 2.18. The monoisotopic (exact) mass is 332 g/mol. The van der Waals surface area contributed by atoms with Gasteiger partial charge in [-0.15, -0.1) is 0 Å². The van der Waals surface area contributed by atoms with Gasteiger partial charge < -0.3 is 13.9 Å². The van der Waals surface area contributed by atoms with Gasteiger partial charge in [0.25, 0.3) is 0 Å². The van der Waals surface area contributed by atoms with Crippen molar-refractivity contribution in [2.75, 3.05) is 6.61 Å². The minimum Gasteiger partial charge on any atom is -0.479 e. The molecule has 0 saturated carbocycles. The number of esters is 1. The maximum atomic E-state index is 11.9. The molecule has 5 heteroatoms. The van der Waals surface area contributed by atoms with Gasteiger partial charge in [0, 0.05) is 17.0 Å². The van der Waals surface area contributed by atoms with Crippen LogP contribution in [0.4, 0.5) is 0 Å². The average molecular weight is 332 g/mol. The number of aryl methyl sites for hydroxylation is 2. The van der Waals surface area contributed by atoms with E-state index in [0.717, 1.165) is 30.2 Å². The Labute approximate surface area is 141 Å². The molecule has 1 aromatic carbocycles. The van der Waals surface area contributed by atoms with Gasteiger partial charge in [0.15, 0.2) is 6.10 Å². The minimum absolute atomic E-state index is 0.304. The van der Waals surface area contributed by atoms with E-state index < -0.39 is 12.1 Å². The Balaban J connectivity index is 2.40. The molecule has 0 spiro atoms. The van der Waals surface area contributed by atoms with Crippen LogP contribution >= 0.6 is 0 Å². The molecule has 2 aromatic rings. The van der Waals surface area contributed by atoms with Gasteiger partial charge >= 0.3 is 11.6 Å². The SMILES string of the molecule is CCCCc1cc(=O)oc2c(C)c(OC(C)C(=O)OCC)ccc12. The van der Waals surface area contributed by atoms with E-state index in [-0.39, 0.29) is 5.63 Å². The van der Waals surface area contributed by atoms with Crippen LogP contribution in [0.2, 0.25) is 0 Å². The molecule has 1 heterocycles. The van der Waals surface area contributed by atoms with Gasteiger partial charge in [-0.05, 0) is 51.3 Å². The summed E-state index contributed by atoms with van der Waals surface area (Å²) < 4.78 is 16.0. The normalized spacial score (nSPS) is 12.2. The number of carbonyl (C=O) groups excluding carboxylic acids is 1. The molecule has 0 saturated heterocycles. The molecular formula is C19H24O5. The quantitative estimate of drug-likeness (QED) is 0.570. The van der Waals surface area contributed by atoms with E-state index in [1.807, 2.05) is 19.1 Å². The van der Waals surface area contributed by atoms with E-state index in [9.17, 15) is 9.59 Å². The molecule has 130 valence electrons. The number of carbonyl (C=O) groups is 1. The summed E-state index contributed by atoms with van der Waals surface area (Å²) >= 11 is 0. The van der Waals surface area contributed by atoms with Crippen molar-refractivity contribution in [1.29, 1.82) is 0 Å². The topological polar surface area (TPSA) is 65.7 Å². The van der Waals surface area contributed by atoms with Crippen LogP contribution in [0, 0.1) is 6.92 Å². The molecule has 24 heavy (non-hydrogen) atoms. The molecule has 0 radical (unpaired) electrons.